The van der Waals surface area contributed by atoms with Gasteiger partial charge in [0.25, 0.3) is 0 Å². The second-order valence-corrected chi connectivity index (χ2v) is 9.58. The maximum absolute atomic E-state index is 13.0. The van der Waals surface area contributed by atoms with Crippen molar-refractivity contribution in [1.82, 2.24) is 24.6 Å². The van der Waals surface area contributed by atoms with Crippen molar-refractivity contribution >= 4 is 27.7 Å². The van der Waals surface area contributed by atoms with Gasteiger partial charge in [-0.05, 0) is 48.4 Å². The van der Waals surface area contributed by atoms with Gasteiger partial charge in [-0.1, -0.05) is 6.07 Å². The molecule has 0 bridgehead atoms. The second kappa shape index (κ2) is 9.92. The number of nitrogens with zero attached hydrogens (tertiary/aromatic N) is 5. The van der Waals surface area contributed by atoms with E-state index in [1.807, 2.05) is 17.9 Å². The molecule has 4 rings (SSSR count). The average Bonchev–Trinajstić information content (AvgIpc) is 2.84. The highest BCUT2D eigenvalue weighted by Crippen LogP contribution is 2.21. The summed E-state index contributed by atoms with van der Waals surface area (Å²) in [6.45, 7) is 3.97. The number of piperazine rings is 1. The molecule has 1 saturated heterocycles. The molecule has 0 saturated carbocycles. The van der Waals surface area contributed by atoms with Crippen LogP contribution in [0.25, 0.3) is 0 Å². The second-order valence-electron chi connectivity index (χ2n) is 7.64. The quantitative estimate of drug-likeness (QED) is 0.569. The summed E-state index contributed by atoms with van der Waals surface area (Å²) in [5, 5.41) is 5.43. The number of rotatable bonds is 6. The van der Waals surface area contributed by atoms with Crippen LogP contribution in [0.1, 0.15) is 11.1 Å². The highest BCUT2D eigenvalue weighted by Gasteiger charge is 2.29. The molecule has 2 amide bonds. The fourth-order valence-electron chi connectivity index (χ4n) is 3.40. The first-order valence-electron chi connectivity index (χ1n) is 10.5. The van der Waals surface area contributed by atoms with E-state index in [1.165, 1.54) is 16.4 Å². The van der Waals surface area contributed by atoms with Crippen LogP contribution in [0.15, 0.2) is 66.1 Å². The third-order valence-electron chi connectivity index (χ3n) is 5.21. The molecule has 0 aliphatic carbocycles. The van der Waals surface area contributed by atoms with Crippen LogP contribution in [0.5, 0.6) is 0 Å². The van der Waals surface area contributed by atoms with E-state index in [9.17, 15) is 13.2 Å². The first kappa shape index (κ1) is 22.6. The molecule has 172 valence electrons. The molecule has 10 nitrogen and oxygen atoms in total. The van der Waals surface area contributed by atoms with Gasteiger partial charge < -0.3 is 15.5 Å². The SMILES string of the molecule is Cc1cnc(N2CCN(S(=O)(=O)c3ccc(NC(=O)NCc4cccnc4)cc3)CC2)nc1. The number of aromatic nitrogens is 3. The highest BCUT2D eigenvalue weighted by atomic mass is 32.2. The molecule has 0 radical (unpaired) electrons. The number of carbonyl (C=O) groups is 1. The van der Waals surface area contributed by atoms with Crippen LogP contribution in [0.2, 0.25) is 0 Å². The Hall–Kier alpha value is -3.57. The summed E-state index contributed by atoms with van der Waals surface area (Å²) in [6.07, 6.45) is 6.84. The molecule has 1 aliphatic heterocycles. The van der Waals surface area contributed by atoms with Crippen LogP contribution in [0, 0.1) is 6.92 Å². The summed E-state index contributed by atoms with van der Waals surface area (Å²) in [4.78, 5) is 26.9. The molecule has 3 heterocycles. The number of amides is 2. The van der Waals surface area contributed by atoms with E-state index in [2.05, 4.69) is 25.6 Å². The molecule has 0 unspecified atom stereocenters. The number of aryl methyl sites for hydroxylation is 1. The third-order valence-corrected chi connectivity index (χ3v) is 7.13. The smallest absolute Gasteiger partial charge is 0.319 e. The summed E-state index contributed by atoms with van der Waals surface area (Å²) in [7, 11) is -3.64. The summed E-state index contributed by atoms with van der Waals surface area (Å²) in [6, 6.07) is 9.43. The Morgan fingerprint density at radius 3 is 2.33 bits per heavy atom. The van der Waals surface area contributed by atoms with Crippen molar-refractivity contribution in [2.45, 2.75) is 18.4 Å². The Morgan fingerprint density at radius 2 is 1.70 bits per heavy atom. The summed E-state index contributed by atoms with van der Waals surface area (Å²) < 4.78 is 27.5. The standard InChI is InChI=1S/C22H25N7O3S/c1-17-13-24-21(25-14-17)28-9-11-29(12-10-28)33(31,32)20-6-4-19(5-7-20)27-22(30)26-16-18-3-2-8-23-15-18/h2-8,13-15H,9-12,16H2,1H3,(H2,26,27,30). The van der Waals surface area contributed by atoms with Crippen molar-refractivity contribution in [2.24, 2.45) is 0 Å². The van der Waals surface area contributed by atoms with Gasteiger partial charge in [0.05, 0.1) is 4.90 Å². The largest absolute Gasteiger partial charge is 0.338 e. The van der Waals surface area contributed by atoms with Crippen molar-refractivity contribution in [3.8, 4) is 0 Å². The van der Waals surface area contributed by atoms with Crippen molar-refractivity contribution in [3.05, 3.63) is 72.3 Å². The molecule has 1 aromatic carbocycles. The van der Waals surface area contributed by atoms with Crippen molar-refractivity contribution in [3.63, 3.8) is 0 Å². The molecule has 1 aliphatic rings. The van der Waals surface area contributed by atoms with Gasteiger partial charge in [0, 0.05) is 63.2 Å². The van der Waals surface area contributed by atoms with Gasteiger partial charge in [0.15, 0.2) is 0 Å². The molecule has 1 fully saturated rings. The predicted octanol–water partition coefficient (Wildman–Crippen LogP) is 2.01. The molecule has 3 aromatic rings. The Balaban J connectivity index is 1.32. The number of sulfonamides is 1. The lowest BCUT2D eigenvalue weighted by molar-refractivity contribution is 0.251. The number of urea groups is 1. The van der Waals surface area contributed by atoms with Gasteiger partial charge >= 0.3 is 6.03 Å². The van der Waals surface area contributed by atoms with Crippen molar-refractivity contribution < 1.29 is 13.2 Å². The molecule has 33 heavy (non-hydrogen) atoms. The average molecular weight is 468 g/mol. The van der Waals surface area contributed by atoms with Crippen LogP contribution < -0.4 is 15.5 Å². The summed E-state index contributed by atoms with van der Waals surface area (Å²) in [5.74, 6) is 0.606. The zero-order valence-corrected chi connectivity index (χ0v) is 19.0. The summed E-state index contributed by atoms with van der Waals surface area (Å²) in [5.41, 5.74) is 2.35. The van der Waals surface area contributed by atoms with Gasteiger partial charge in [0.1, 0.15) is 0 Å². The van der Waals surface area contributed by atoms with Crippen LogP contribution in [0.4, 0.5) is 16.4 Å². The van der Waals surface area contributed by atoms with Crippen LogP contribution in [-0.2, 0) is 16.6 Å². The molecule has 0 atom stereocenters. The van der Waals surface area contributed by atoms with E-state index in [0.717, 1.165) is 11.1 Å². The molecular weight excluding hydrogens is 442 g/mol. The van der Waals surface area contributed by atoms with Crippen molar-refractivity contribution in [1.29, 1.82) is 0 Å². The monoisotopic (exact) mass is 467 g/mol. The van der Waals surface area contributed by atoms with Crippen LogP contribution in [-0.4, -0.2) is 59.9 Å². The third kappa shape index (κ3) is 5.62. The van der Waals surface area contributed by atoms with Crippen molar-refractivity contribution in [2.75, 3.05) is 36.4 Å². The highest BCUT2D eigenvalue weighted by molar-refractivity contribution is 7.89. The minimum atomic E-state index is -3.64. The number of benzene rings is 1. The lowest BCUT2D eigenvalue weighted by Crippen LogP contribution is -2.49. The Morgan fingerprint density at radius 1 is 1.00 bits per heavy atom. The Bertz CT molecular complexity index is 1180. The fourth-order valence-corrected chi connectivity index (χ4v) is 4.82. The predicted molar refractivity (Wildman–Crippen MR) is 124 cm³/mol. The van der Waals surface area contributed by atoms with Crippen LogP contribution >= 0.6 is 0 Å². The number of nitrogens with one attached hydrogen (secondary N) is 2. The molecule has 0 spiro atoms. The van der Waals surface area contributed by atoms with Gasteiger partial charge in [-0.3, -0.25) is 4.98 Å². The van der Waals surface area contributed by atoms with Gasteiger partial charge in [0.2, 0.25) is 16.0 Å². The van der Waals surface area contributed by atoms with Gasteiger partial charge in [-0.25, -0.2) is 23.2 Å². The Kier molecular flexibility index (Phi) is 6.80. The van der Waals surface area contributed by atoms with Gasteiger partial charge in [-0.2, -0.15) is 4.31 Å². The molecule has 2 aromatic heterocycles. The minimum Gasteiger partial charge on any atom is -0.338 e. The van der Waals surface area contributed by atoms with E-state index in [0.29, 0.717) is 44.4 Å². The first-order valence-corrected chi connectivity index (χ1v) is 11.9. The van der Waals surface area contributed by atoms with E-state index in [4.69, 9.17) is 0 Å². The Labute approximate surface area is 192 Å². The number of carbonyl (C=O) groups excluding carboxylic acids is 1. The van der Waals surface area contributed by atoms with Crippen LogP contribution in [0.3, 0.4) is 0 Å². The number of hydrogen-bond acceptors (Lipinski definition) is 7. The summed E-state index contributed by atoms with van der Waals surface area (Å²) >= 11 is 0. The lowest BCUT2D eigenvalue weighted by atomic mass is 10.3. The van der Waals surface area contributed by atoms with Gasteiger partial charge in [-0.15, -0.1) is 0 Å². The lowest BCUT2D eigenvalue weighted by Gasteiger charge is -2.33. The fraction of sp³-hybridized carbons (Fsp3) is 0.273. The molecular formula is C22H25N7O3S. The molecule has 2 N–H and O–H groups in total. The zero-order valence-electron chi connectivity index (χ0n) is 18.2. The minimum absolute atomic E-state index is 0.184. The number of hydrogen-bond donors (Lipinski definition) is 2. The number of anilines is 2. The van der Waals surface area contributed by atoms with E-state index >= 15 is 0 Å². The molecule has 11 heteroatoms. The van der Waals surface area contributed by atoms with E-state index in [1.54, 1.807) is 43.0 Å². The maximum atomic E-state index is 13.0. The normalized spacial score (nSPS) is 14.6. The topological polar surface area (TPSA) is 120 Å². The van der Waals surface area contributed by atoms with E-state index < -0.39 is 10.0 Å². The first-order chi connectivity index (χ1) is 15.9. The number of pyridine rings is 1. The maximum Gasteiger partial charge on any atom is 0.319 e. The zero-order chi connectivity index (χ0) is 23.3. The van der Waals surface area contributed by atoms with E-state index in [-0.39, 0.29) is 10.9 Å².